The number of nitrogens with one attached hydrogen (secondary N) is 1. The summed E-state index contributed by atoms with van der Waals surface area (Å²) in [5.41, 5.74) is 3.87. The highest BCUT2D eigenvalue weighted by atomic mass is 32.2. The van der Waals surface area contributed by atoms with Gasteiger partial charge in [0.2, 0.25) is 5.91 Å². The summed E-state index contributed by atoms with van der Waals surface area (Å²) < 4.78 is 0. The largest absolute Gasteiger partial charge is 0.325 e. The summed E-state index contributed by atoms with van der Waals surface area (Å²) in [6, 6.07) is 18.2. The standard InChI is InChI=1S/C27H29N3OS/c1-17(25(31)29-24-11-7-9-18-8-5-6-10-22(18)24)32-26-20(16-28)14-19-15-21(27(2,3)4)12-13-23(19)30-26/h5-11,14,17,21H,12-13,15H2,1-4H3,(H,29,31). The molecule has 5 heteroatoms. The third-order valence-corrected chi connectivity index (χ3v) is 7.50. The number of nitrogens with zero attached hydrogens (tertiary/aromatic N) is 2. The predicted octanol–water partition coefficient (Wildman–Crippen LogP) is 6.38. The van der Waals surface area contributed by atoms with Crippen LogP contribution in [0.4, 0.5) is 5.69 Å². The Kier molecular flexibility index (Phi) is 6.26. The zero-order valence-corrected chi connectivity index (χ0v) is 19.9. The summed E-state index contributed by atoms with van der Waals surface area (Å²) in [5.74, 6) is 0.495. The van der Waals surface area contributed by atoms with Crippen LogP contribution < -0.4 is 5.32 Å². The highest BCUT2D eigenvalue weighted by molar-refractivity contribution is 8.00. The Morgan fingerprint density at radius 1 is 1.22 bits per heavy atom. The van der Waals surface area contributed by atoms with Crippen molar-refractivity contribution in [3.8, 4) is 6.07 Å². The lowest BCUT2D eigenvalue weighted by atomic mass is 9.71. The first-order valence-corrected chi connectivity index (χ1v) is 12.0. The second-order valence-corrected chi connectivity index (χ2v) is 11.0. The van der Waals surface area contributed by atoms with Gasteiger partial charge in [0.25, 0.3) is 0 Å². The van der Waals surface area contributed by atoms with Crippen LogP contribution in [0.15, 0.2) is 53.6 Å². The van der Waals surface area contributed by atoms with E-state index >= 15 is 0 Å². The highest BCUT2D eigenvalue weighted by Gasteiger charge is 2.30. The van der Waals surface area contributed by atoms with Gasteiger partial charge < -0.3 is 5.32 Å². The van der Waals surface area contributed by atoms with Crippen molar-refractivity contribution in [2.24, 2.45) is 11.3 Å². The van der Waals surface area contributed by atoms with Gasteiger partial charge in [0.1, 0.15) is 11.1 Å². The zero-order chi connectivity index (χ0) is 22.9. The zero-order valence-electron chi connectivity index (χ0n) is 19.1. The Balaban J connectivity index is 1.52. The van der Waals surface area contributed by atoms with Crippen LogP contribution in [-0.2, 0) is 17.6 Å². The van der Waals surface area contributed by atoms with Crippen molar-refractivity contribution in [1.82, 2.24) is 4.98 Å². The van der Waals surface area contributed by atoms with E-state index in [0.29, 0.717) is 16.5 Å². The molecule has 0 bridgehead atoms. The molecule has 2 atom stereocenters. The van der Waals surface area contributed by atoms with E-state index < -0.39 is 0 Å². The van der Waals surface area contributed by atoms with Gasteiger partial charge >= 0.3 is 0 Å². The van der Waals surface area contributed by atoms with Gasteiger partial charge in [-0.1, -0.05) is 68.9 Å². The lowest BCUT2D eigenvalue weighted by Gasteiger charge is -2.34. The van der Waals surface area contributed by atoms with Gasteiger partial charge in [0.05, 0.1) is 10.8 Å². The van der Waals surface area contributed by atoms with Crippen LogP contribution in [0.5, 0.6) is 0 Å². The van der Waals surface area contributed by atoms with Crippen molar-refractivity contribution < 1.29 is 4.79 Å². The van der Waals surface area contributed by atoms with Gasteiger partial charge in [0.15, 0.2) is 0 Å². The third-order valence-electron chi connectivity index (χ3n) is 6.40. The number of thioether (sulfide) groups is 1. The Hall–Kier alpha value is -2.84. The first-order valence-electron chi connectivity index (χ1n) is 11.1. The van der Waals surface area contributed by atoms with Crippen molar-refractivity contribution in [1.29, 1.82) is 5.26 Å². The highest BCUT2D eigenvalue weighted by Crippen LogP contribution is 2.38. The molecule has 0 radical (unpaired) electrons. The Bertz CT molecular complexity index is 1200. The smallest absolute Gasteiger partial charge is 0.237 e. The number of aromatic nitrogens is 1. The van der Waals surface area contributed by atoms with Crippen molar-refractivity contribution in [2.75, 3.05) is 5.32 Å². The van der Waals surface area contributed by atoms with Crippen LogP contribution in [-0.4, -0.2) is 16.1 Å². The van der Waals surface area contributed by atoms with E-state index in [9.17, 15) is 10.1 Å². The average Bonchev–Trinajstić information content (AvgIpc) is 2.77. The molecule has 1 amide bonds. The number of carbonyl (C=O) groups is 1. The number of pyridine rings is 1. The van der Waals surface area contributed by atoms with Crippen LogP contribution in [0.25, 0.3) is 10.8 Å². The number of rotatable bonds is 4. The fourth-order valence-corrected chi connectivity index (χ4v) is 5.24. The normalized spacial score (nSPS) is 16.8. The number of carbonyl (C=O) groups excluding carboxylic acids is 1. The van der Waals surface area contributed by atoms with E-state index in [4.69, 9.17) is 4.98 Å². The number of fused-ring (bicyclic) bond motifs is 2. The Morgan fingerprint density at radius 2 is 1.97 bits per heavy atom. The molecule has 1 aromatic heterocycles. The number of aryl methyl sites for hydroxylation is 1. The predicted molar refractivity (Wildman–Crippen MR) is 132 cm³/mol. The molecule has 4 rings (SSSR count). The number of anilines is 1. The molecule has 0 saturated heterocycles. The number of hydrogen-bond donors (Lipinski definition) is 1. The number of amides is 1. The van der Waals surface area contributed by atoms with Crippen molar-refractivity contribution in [3.05, 3.63) is 65.4 Å². The van der Waals surface area contributed by atoms with E-state index in [1.807, 2.05) is 55.5 Å². The molecule has 0 fully saturated rings. The molecule has 2 unspecified atom stereocenters. The quantitative estimate of drug-likeness (QED) is 0.475. The van der Waals surface area contributed by atoms with Crippen molar-refractivity contribution >= 4 is 34.1 Å². The molecule has 1 aliphatic carbocycles. The summed E-state index contributed by atoms with van der Waals surface area (Å²) in [5, 5.41) is 15.2. The summed E-state index contributed by atoms with van der Waals surface area (Å²) >= 11 is 1.36. The van der Waals surface area contributed by atoms with E-state index in [1.165, 1.54) is 17.3 Å². The lowest BCUT2D eigenvalue weighted by molar-refractivity contribution is -0.115. The Morgan fingerprint density at radius 3 is 2.72 bits per heavy atom. The summed E-state index contributed by atoms with van der Waals surface area (Å²) in [6.45, 7) is 8.70. The van der Waals surface area contributed by atoms with E-state index in [-0.39, 0.29) is 16.6 Å². The molecule has 4 nitrogen and oxygen atoms in total. The second kappa shape index (κ2) is 8.96. The van der Waals surface area contributed by atoms with E-state index in [1.54, 1.807) is 0 Å². The molecule has 0 saturated carbocycles. The summed E-state index contributed by atoms with van der Waals surface area (Å²) in [4.78, 5) is 17.8. The molecule has 1 aliphatic rings. The van der Waals surface area contributed by atoms with Gasteiger partial charge in [-0.15, -0.1) is 0 Å². The molecule has 1 N–H and O–H groups in total. The van der Waals surface area contributed by atoms with Crippen molar-refractivity contribution in [3.63, 3.8) is 0 Å². The van der Waals surface area contributed by atoms with Crippen LogP contribution >= 0.6 is 11.8 Å². The molecule has 2 aromatic carbocycles. The SMILES string of the molecule is CC(Sc1nc2c(cc1C#N)CC(C(C)(C)C)CC2)C(=O)Nc1cccc2ccccc12. The van der Waals surface area contributed by atoms with Gasteiger partial charge in [-0.05, 0) is 60.6 Å². The lowest BCUT2D eigenvalue weighted by Crippen LogP contribution is -2.28. The summed E-state index contributed by atoms with van der Waals surface area (Å²) in [7, 11) is 0. The maximum Gasteiger partial charge on any atom is 0.237 e. The second-order valence-electron chi connectivity index (χ2n) is 9.64. The molecular weight excluding hydrogens is 414 g/mol. The number of benzene rings is 2. The van der Waals surface area contributed by atoms with E-state index in [0.717, 1.165) is 41.4 Å². The molecule has 1 heterocycles. The minimum atomic E-state index is -0.377. The van der Waals surface area contributed by atoms with Gasteiger partial charge in [-0.3, -0.25) is 4.79 Å². The minimum Gasteiger partial charge on any atom is -0.325 e. The third kappa shape index (κ3) is 4.66. The van der Waals surface area contributed by atoms with E-state index in [2.05, 4.69) is 32.2 Å². The van der Waals surface area contributed by atoms with Crippen molar-refractivity contribution in [2.45, 2.75) is 57.2 Å². The van der Waals surface area contributed by atoms with Gasteiger partial charge in [-0.25, -0.2) is 4.98 Å². The van der Waals surface area contributed by atoms with Gasteiger partial charge in [0, 0.05) is 16.8 Å². The van der Waals surface area contributed by atoms with Crippen LogP contribution in [0.2, 0.25) is 0 Å². The molecule has 164 valence electrons. The molecule has 0 spiro atoms. The maximum atomic E-state index is 13.0. The average molecular weight is 444 g/mol. The van der Waals surface area contributed by atoms with Crippen LogP contribution in [0, 0.1) is 22.7 Å². The number of nitriles is 1. The monoisotopic (exact) mass is 443 g/mol. The molecule has 32 heavy (non-hydrogen) atoms. The minimum absolute atomic E-state index is 0.0949. The van der Waals surface area contributed by atoms with Crippen LogP contribution in [0.3, 0.4) is 0 Å². The number of hydrogen-bond acceptors (Lipinski definition) is 4. The topological polar surface area (TPSA) is 65.8 Å². The first-order chi connectivity index (χ1) is 15.3. The Labute approximate surface area is 194 Å². The molecule has 3 aromatic rings. The van der Waals surface area contributed by atoms with Crippen LogP contribution in [0.1, 0.15) is 50.9 Å². The fourth-order valence-electron chi connectivity index (χ4n) is 4.34. The summed E-state index contributed by atoms with van der Waals surface area (Å²) in [6.07, 6.45) is 2.99. The first kappa shape index (κ1) is 22.4. The maximum absolute atomic E-state index is 13.0. The fraction of sp³-hybridized carbons (Fsp3) is 0.370. The molecule has 0 aliphatic heterocycles. The molecular formula is C27H29N3OS. The van der Waals surface area contributed by atoms with Gasteiger partial charge in [-0.2, -0.15) is 5.26 Å².